The van der Waals surface area contributed by atoms with Crippen LogP contribution in [0.4, 0.5) is 0 Å². The summed E-state index contributed by atoms with van der Waals surface area (Å²) in [7, 11) is 0. The van der Waals surface area contributed by atoms with Crippen LogP contribution in [0.1, 0.15) is 40.0 Å². The molecule has 1 fully saturated rings. The second-order valence-electron chi connectivity index (χ2n) is 4.51. The number of amides is 1. The highest BCUT2D eigenvalue weighted by Gasteiger charge is 2.30. The van der Waals surface area contributed by atoms with E-state index in [1.165, 1.54) is 6.42 Å². The molecular weight excluding hydrogens is 176 g/mol. The summed E-state index contributed by atoms with van der Waals surface area (Å²) in [4.78, 5) is 14.0. The number of nitrogens with two attached hydrogens (primary N) is 1. The molecule has 0 bridgehead atoms. The Kier molecular flexibility index (Phi) is 3.93. The average Bonchev–Trinajstić information content (AvgIpc) is 2.16. The molecule has 3 atom stereocenters. The van der Waals surface area contributed by atoms with Crippen molar-refractivity contribution < 1.29 is 4.79 Å². The molecule has 1 rings (SSSR count). The molecule has 0 aromatic rings. The van der Waals surface area contributed by atoms with Gasteiger partial charge in [0.05, 0.1) is 0 Å². The lowest BCUT2D eigenvalue weighted by Gasteiger charge is -2.40. The molecule has 82 valence electrons. The van der Waals surface area contributed by atoms with E-state index in [4.69, 9.17) is 5.73 Å². The Morgan fingerprint density at radius 1 is 1.43 bits per heavy atom. The minimum Gasteiger partial charge on any atom is -0.337 e. The maximum absolute atomic E-state index is 12.0. The van der Waals surface area contributed by atoms with E-state index in [1.54, 1.807) is 0 Å². The number of nitrogens with zero attached hydrogens (tertiary/aromatic N) is 1. The predicted octanol–water partition coefficient (Wildman–Crippen LogP) is 1.37. The van der Waals surface area contributed by atoms with E-state index in [0.717, 1.165) is 12.8 Å². The lowest BCUT2D eigenvalue weighted by atomic mass is 9.95. The quantitative estimate of drug-likeness (QED) is 0.728. The van der Waals surface area contributed by atoms with Crippen LogP contribution in [0.25, 0.3) is 0 Å². The number of rotatable bonds is 2. The molecular formula is C11H22N2O. The van der Waals surface area contributed by atoms with Gasteiger partial charge in [0, 0.05) is 24.5 Å². The third kappa shape index (κ3) is 2.27. The highest BCUT2D eigenvalue weighted by molar-refractivity contribution is 5.79. The first kappa shape index (κ1) is 11.5. The van der Waals surface area contributed by atoms with Crippen molar-refractivity contribution in [3.8, 4) is 0 Å². The van der Waals surface area contributed by atoms with Gasteiger partial charge >= 0.3 is 0 Å². The van der Waals surface area contributed by atoms with Crippen molar-refractivity contribution >= 4 is 5.91 Å². The Morgan fingerprint density at radius 2 is 1.93 bits per heavy atom. The van der Waals surface area contributed by atoms with Gasteiger partial charge in [-0.1, -0.05) is 6.92 Å². The number of likely N-dealkylation sites (tertiary alicyclic amines) is 1. The number of hydrogen-bond donors (Lipinski definition) is 1. The smallest absolute Gasteiger partial charge is 0.227 e. The van der Waals surface area contributed by atoms with E-state index in [0.29, 0.717) is 18.6 Å². The first-order valence-electron chi connectivity index (χ1n) is 5.60. The van der Waals surface area contributed by atoms with Crippen molar-refractivity contribution in [3.05, 3.63) is 0 Å². The van der Waals surface area contributed by atoms with Gasteiger partial charge in [-0.2, -0.15) is 0 Å². The zero-order chi connectivity index (χ0) is 10.7. The SMILES string of the molecule is CC(CN)C(=O)N1C(C)CCCC1C. The van der Waals surface area contributed by atoms with Crippen LogP contribution < -0.4 is 5.73 Å². The third-order valence-electron chi connectivity index (χ3n) is 3.22. The summed E-state index contributed by atoms with van der Waals surface area (Å²) in [6.07, 6.45) is 3.50. The summed E-state index contributed by atoms with van der Waals surface area (Å²) < 4.78 is 0. The minimum absolute atomic E-state index is 0.0296. The Labute approximate surface area is 86.6 Å². The van der Waals surface area contributed by atoms with Crippen molar-refractivity contribution in [1.82, 2.24) is 4.90 Å². The maximum Gasteiger partial charge on any atom is 0.227 e. The van der Waals surface area contributed by atoms with E-state index in [9.17, 15) is 4.79 Å². The zero-order valence-corrected chi connectivity index (χ0v) is 9.49. The van der Waals surface area contributed by atoms with Gasteiger partial charge < -0.3 is 10.6 Å². The summed E-state index contributed by atoms with van der Waals surface area (Å²) in [6.45, 7) is 6.64. The molecule has 1 aliphatic rings. The van der Waals surface area contributed by atoms with Crippen LogP contribution in [0.5, 0.6) is 0 Å². The monoisotopic (exact) mass is 198 g/mol. The summed E-state index contributed by atoms with van der Waals surface area (Å²) >= 11 is 0. The first-order valence-corrected chi connectivity index (χ1v) is 5.60. The van der Waals surface area contributed by atoms with Gasteiger partial charge in [0.15, 0.2) is 0 Å². The van der Waals surface area contributed by atoms with E-state index < -0.39 is 0 Å². The first-order chi connectivity index (χ1) is 6.57. The number of carbonyl (C=O) groups excluding carboxylic acids is 1. The summed E-state index contributed by atoms with van der Waals surface area (Å²) in [6, 6.07) is 0.778. The molecule has 1 aliphatic heterocycles. The van der Waals surface area contributed by atoms with Gasteiger partial charge in [-0.05, 0) is 33.1 Å². The predicted molar refractivity (Wildman–Crippen MR) is 57.8 cm³/mol. The lowest BCUT2D eigenvalue weighted by molar-refractivity contribution is -0.140. The topological polar surface area (TPSA) is 46.3 Å². The molecule has 1 saturated heterocycles. The Balaban J connectivity index is 2.67. The minimum atomic E-state index is -0.0296. The van der Waals surface area contributed by atoms with Crippen LogP contribution >= 0.6 is 0 Å². The lowest BCUT2D eigenvalue weighted by Crippen LogP contribution is -2.50. The molecule has 1 amide bonds. The van der Waals surface area contributed by atoms with Gasteiger partial charge in [0.25, 0.3) is 0 Å². The normalized spacial score (nSPS) is 30.1. The number of carbonyl (C=O) groups is 1. The number of piperidine rings is 1. The Hall–Kier alpha value is -0.570. The standard InChI is InChI=1S/C11H22N2O/c1-8(7-12)11(14)13-9(2)5-4-6-10(13)3/h8-10H,4-7,12H2,1-3H3. The molecule has 14 heavy (non-hydrogen) atoms. The van der Waals surface area contributed by atoms with E-state index in [1.807, 2.05) is 11.8 Å². The van der Waals surface area contributed by atoms with E-state index in [-0.39, 0.29) is 11.8 Å². The van der Waals surface area contributed by atoms with Crippen LogP contribution in [0, 0.1) is 5.92 Å². The number of hydrogen-bond acceptors (Lipinski definition) is 2. The summed E-state index contributed by atoms with van der Waals surface area (Å²) in [5.41, 5.74) is 5.52. The van der Waals surface area contributed by atoms with Crippen molar-refractivity contribution in [2.75, 3.05) is 6.54 Å². The molecule has 3 unspecified atom stereocenters. The van der Waals surface area contributed by atoms with Crippen LogP contribution in [-0.4, -0.2) is 29.4 Å². The van der Waals surface area contributed by atoms with Crippen molar-refractivity contribution in [3.63, 3.8) is 0 Å². The molecule has 0 radical (unpaired) electrons. The summed E-state index contributed by atoms with van der Waals surface area (Å²) in [5.74, 6) is 0.199. The van der Waals surface area contributed by atoms with Crippen LogP contribution in [0.3, 0.4) is 0 Å². The molecule has 0 spiro atoms. The van der Waals surface area contributed by atoms with Gasteiger partial charge in [-0.3, -0.25) is 4.79 Å². The maximum atomic E-state index is 12.0. The van der Waals surface area contributed by atoms with Crippen molar-refractivity contribution in [1.29, 1.82) is 0 Å². The fourth-order valence-electron chi connectivity index (χ4n) is 2.21. The summed E-state index contributed by atoms with van der Waals surface area (Å²) in [5, 5.41) is 0. The molecule has 1 heterocycles. The van der Waals surface area contributed by atoms with Gasteiger partial charge in [0.1, 0.15) is 0 Å². The molecule has 0 saturated carbocycles. The van der Waals surface area contributed by atoms with E-state index in [2.05, 4.69) is 13.8 Å². The molecule has 3 heteroatoms. The third-order valence-corrected chi connectivity index (χ3v) is 3.22. The van der Waals surface area contributed by atoms with Crippen LogP contribution in [0.15, 0.2) is 0 Å². The molecule has 3 nitrogen and oxygen atoms in total. The Bertz CT molecular complexity index is 195. The second kappa shape index (κ2) is 4.78. The van der Waals surface area contributed by atoms with Crippen molar-refractivity contribution in [2.24, 2.45) is 11.7 Å². The fraction of sp³-hybridized carbons (Fsp3) is 0.909. The molecule has 0 aromatic heterocycles. The largest absolute Gasteiger partial charge is 0.337 e. The van der Waals surface area contributed by atoms with Gasteiger partial charge in [-0.25, -0.2) is 0 Å². The van der Waals surface area contributed by atoms with Crippen LogP contribution in [-0.2, 0) is 4.79 Å². The highest BCUT2D eigenvalue weighted by Crippen LogP contribution is 2.23. The Morgan fingerprint density at radius 3 is 2.36 bits per heavy atom. The van der Waals surface area contributed by atoms with E-state index >= 15 is 0 Å². The van der Waals surface area contributed by atoms with Gasteiger partial charge in [0.2, 0.25) is 5.91 Å². The van der Waals surface area contributed by atoms with Crippen LogP contribution in [0.2, 0.25) is 0 Å². The van der Waals surface area contributed by atoms with Gasteiger partial charge in [-0.15, -0.1) is 0 Å². The molecule has 2 N–H and O–H groups in total. The van der Waals surface area contributed by atoms with Crippen molar-refractivity contribution in [2.45, 2.75) is 52.1 Å². The molecule has 0 aliphatic carbocycles. The second-order valence-corrected chi connectivity index (χ2v) is 4.51. The highest BCUT2D eigenvalue weighted by atomic mass is 16.2. The molecule has 0 aromatic carbocycles. The zero-order valence-electron chi connectivity index (χ0n) is 9.49. The fourth-order valence-corrected chi connectivity index (χ4v) is 2.21. The average molecular weight is 198 g/mol.